The maximum atomic E-state index is 12.9. The molecule has 5 heteroatoms. The van der Waals surface area contributed by atoms with Gasteiger partial charge in [0.2, 0.25) is 11.8 Å². The summed E-state index contributed by atoms with van der Waals surface area (Å²) in [7, 11) is 0. The lowest BCUT2D eigenvalue weighted by Gasteiger charge is -2.16. The molecule has 0 saturated heterocycles. The quantitative estimate of drug-likeness (QED) is 0.771. The van der Waals surface area contributed by atoms with E-state index >= 15 is 0 Å². The van der Waals surface area contributed by atoms with Crippen LogP contribution in [0.3, 0.4) is 0 Å². The molecule has 1 aliphatic carbocycles. The van der Waals surface area contributed by atoms with Gasteiger partial charge in [-0.1, -0.05) is 19.1 Å². The molecule has 0 heterocycles. The first-order chi connectivity index (χ1) is 10.5. The van der Waals surface area contributed by atoms with Crippen molar-refractivity contribution in [3.8, 4) is 0 Å². The van der Waals surface area contributed by atoms with Gasteiger partial charge >= 0.3 is 0 Å². The van der Waals surface area contributed by atoms with Crippen LogP contribution in [0.2, 0.25) is 0 Å². The average Bonchev–Trinajstić information content (AvgIpc) is 3.29. The van der Waals surface area contributed by atoms with E-state index in [0.717, 1.165) is 5.56 Å². The minimum absolute atomic E-state index is 0.0373. The van der Waals surface area contributed by atoms with Gasteiger partial charge in [-0.15, -0.1) is 0 Å². The summed E-state index contributed by atoms with van der Waals surface area (Å²) in [5.74, 6) is -0.224. The third-order valence-electron chi connectivity index (χ3n) is 4.28. The molecule has 120 valence electrons. The first-order valence-corrected chi connectivity index (χ1v) is 7.76. The molecule has 3 N–H and O–H groups in total. The first kappa shape index (κ1) is 16.5. The topological polar surface area (TPSA) is 72.2 Å². The second kappa shape index (κ2) is 7.38. The van der Waals surface area contributed by atoms with Crippen molar-refractivity contribution in [3.63, 3.8) is 0 Å². The van der Waals surface area contributed by atoms with E-state index < -0.39 is 11.8 Å². The van der Waals surface area contributed by atoms with Gasteiger partial charge in [0.1, 0.15) is 5.82 Å². The Balaban J connectivity index is 1.81. The van der Waals surface area contributed by atoms with E-state index in [9.17, 15) is 14.0 Å². The standard InChI is InChI=1S/C17H23FN2O2/c1-11(13-4-5-13)8-16(21)20-10-14(17(19)22)9-12-2-6-15(18)7-3-12/h2-3,6-7,11,13-14H,4-5,8-10H2,1H3,(H2,19,22)(H,20,21)/t11-,14-/m0/s1. The molecule has 2 amide bonds. The molecule has 0 aromatic heterocycles. The first-order valence-electron chi connectivity index (χ1n) is 7.76. The SMILES string of the molecule is C[C@@H](CC(=O)NC[C@H](Cc1ccc(F)cc1)C(N)=O)C1CC1. The highest BCUT2D eigenvalue weighted by atomic mass is 19.1. The summed E-state index contributed by atoms with van der Waals surface area (Å²) in [5.41, 5.74) is 6.22. The van der Waals surface area contributed by atoms with Crippen molar-refractivity contribution in [2.24, 2.45) is 23.5 Å². The van der Waals surface area contributed by atoms with Gasteiger partial charge in [0, 0.05) is 13.0 Å². The Morgan fingerprint density at radius 1 is 1.32 bits per heavy atom. The van der Waals surface area contributed by atoms with E-state index in [2.05, 4.69) is 12.2 Å². The monoisotopic (exact) mass is 306 g/mol. The normalized spacial score (nSPS) is 16.8. The second-order valence-electron chi connectivity index (χ2n) is 6.25. The summed E-state index contributed by atoms with van der Waals surface area (Å²) in [6.07, 6.45) is 3.31. The van der Waals surface area contributed by atoms with Crippen LogP contribution in [0.15, 0.2) is 24.3 Å². The third-order valence-corrected chi connectivity index (χ3v) is 4.28. The molecule has 0 aliphatic heterocycles. The molecule has 0 bridgehead atoms. The number of carbonyl (C=O) groups excluding carboxylic acids is 2. The summed E-state index contributed by atoms with van der Waals surface area (Å²) < 4.78 is 12.9. The smallest absolute Gasteiger partial charge is 0.222 e. The van der Waals surface area contributed by atoms with E-state index in [1.54, 1.807) is 12.1 Å². The van der Waals surface area contributed by atoms with Crippen LogP contribution < -0.4 is 11.1 Å². The van der Waals surface area contributed by atoms with Gasteiger partial charge in [-0.05, 0) is 48.8 Å². The zero-order valence-electron chi connectivity index (χ0n) is 12.8. The zero-order valence-corrected chi connectivity index (χ0v) is 12.8. The minimum atomic E-state index is -0.481. The van der Waals surface area contributed by atoms with Crippen molar-refractivity contribution in [1.82, 2.24) is 5.32 Å². The molecule has 1 fully saturated rings. The maximum absolute atomic E-state index is 12.9. The van der Waals surface area contributed by atoms with Gasteiger partial charge in [0.15, 0.2) is 0 Å². The molecule has 0 radical (unpaired) electrons. The molecule has 22 heavy (non-hydrogen) atoms. The van der Waals surface area contributed by atoms with Crippen LogP contribution in [-0.4, -0.2) is 18.4 Å². The van der Waals surface area contributed by atoms with Crippen LogP contribution in [0.4, 0.5) is 4.39 Å². The van der Waals surface area contributed by atoms with Crippen LogP contribution in [-0.2, 0) is 16.0 Å². The van der Waals surface area contributed by atoms with Crippen molar-refractivity contribution >= 4 is 11.8 Å². The molecular weight excluding hydrogens is 283 g/mol. The summed E-state index contributed by atoms with van der Waals surface area (Å²) in [5, 5.41) is 2.80. The lowest BCUT2D eigenvalue weighted by atomic mass is 9.98. The highest BCUT2D eigenvalue weighted by Crippen LogP contribution is 2.38. The van der Waals surface area contributed by atoms with Gasteiger partial charge in [-0.3, -0.25) is 9.59 Å². The molecule has 1 aromatic carbocycles. The fraction of sp³-hybridized carbons (Fsp3) is 0.529. The Morgan fingerprint density at radius 3 is 2.50 bits per heavy atom. The number of nitrogens with two attached hydrogens (primary N) is 1. The number of hydrogen-bond acceptors (Lipinski definition) is 2. The number of hydrogen-bond donors (Lipinski definition) is 2. The summed E-state index contributed by atoms with van der Waals surface area (Å²) in [4.78, 5) is 23.4. The molecule has 1 aliphatic rings. The third kappa shape index (κ3) is 5.13. The van der Waals surface area contributed by atoms with Gasteiger partial charge in [-0.2, -0.15) is 0 Å². The Kier molecular flexibility index (Phi) is 5.52. The van der Waals surface area contributed by atoms with Crippen LogP contribution in [0, 0.1) is 23.6 Å². The van der Waals surface area contributed by atoms with Crippen molar-refractivity contribution in [1.29, 1.82) is 0 Å². The summed E-state index contributed by atoms with van der Waals surface area (Å²) in [6.45, 7) is 2.31. The van der Waals surface area contributed by atoms with Gasteiger partial charge in [0.05, 0.1) is 5.92 Å². The van der Waals surface area contributed by atoms with Crippen molar-refractivity contribution in [2.75, 3.05) is 6.54 Å². The van der Waals surface area contributed by atoms with E-state index in [1.165, 1.54) is 25.0 Å². The molecule has 1 aromatic rings. The van der Waals surface area contributed by atoms with E-state index in [-0.39, 0.29) is 18.3 Å². The largest absolute Gasteiger partial charge is 0.369 e. The fourth-order valence-corrected chi connectivity index (χ4v) is 2.61. The number of primary amides is 1. The van der Waals surface area contributed by atoms with Crippen molar-refractivity contribution in [3.05, 3.63) is 35.6 Å². The molecule has 4 nitrogen and oxygen atoms in total. The van der Waals surface area contributed by atoms with Crippen LogP contribution in [0.5, 0.6) is 0 Å². The van der Waals surface area contributed by atoms with Crippen LogP contribution >= 0.6 is 0 Å². The summed E-state index contributed by atoms with van der Waals surface area (Å²) in [6, 6.07) is 5.96. The van der Waals surface area contributed by atoms with E-state index in [0.29, 0.717) is 24.7 Å². The number of amides is 2. The molecular formula is C17H23FN2O2. The minimum Gasteiger partial charge on any atom is -0.369 e. The van der Waals surface area contributed by atoms with Crippen molar-refractivity contribution in [2.45, 2.75) is 32.6 Å². The van der Waals surface area contributed by atoms with E-state index in [4.69, 9.17) is 5.73 Å². The van der Waals surface area contributed by atoms with Gasteiger partial charge in [-0.25, -0.2) is 4.39 Å². The van der Waals surface area contributed by atoms with E-state index in [1.807, 2.05) is 0 Å². The van der Waals surface area contributed by atoms with Gasteiger partial charge in [0.25, 0.3) is 0 Å². The Hall–Kier alpha value is -1.91. The molecule has 2 atom stereocenters. The number of halogens is 1. The Labute approximate surface area is 130 Å². The molecule has 0 unspecified atom stereocenters. The van der Waals surface area contributed by atoms with Crippen LogP contribution in [0.25, 0.3) is 0 Å². The predicted molar refractivity (Wildman–Crippen MR) is 82.3 cm³/mol. The lowest BCUT2D eigenvalue weighted by Crippen LogP contribution is -2.37. The van der Waals surface area contributed by atoms with Crippen LogP contribution in [0.1, 0.15) is 31.7 Å². The van der Waals surface area contributed by atoms with Gasteiger partial charge < -0.3 is 11.1 Å². The average molecular weight is 306 g/mol. The highest BCUT2D eigenvalue weighted by Gasteiger charge is 2.29. The summed E-state index contributed by atoms with van der Waals surface area (Å²) >= 11 is 0. The predicted octanol–water partition coefficient (Wildman–Crippen LogP) is 2.02. The second-order valence-corrected chi connectivity index (χ2v) is 6.25. The molecule has 0 spiro atoms. The Morgan fingerprint density at radius 2 is 1.95 bits per heavy atom. The fourth-order valence-electron chi connectivity index (χ4n) is 2.61. The number of carbonyl (C=O) groups is 2. The molecule has 1 saturated carbocycles. The number of benzene rings is 1. The molecule has 2 rings (SSSR count). The maximum Gasteiger partial charge on any atom is 0.222 e. The number of nitrogens with one attached hydrogen (secondary N) is 1. The lowest BCUT2D eigenvalue weighted by molar-refractivity contribution is -0.123. The number of rotatable bonds is 8. The highest BCUT2D eigenvalue weighted by molar-refractivity contribution is 5.80. The zero-order chi connectivity index (χ0) is 16.1. The van der Waals surface area contributed by atoms with Crippen molar-refractivity contribution < 1.29 is 14.0 Å². The Bertz CT molecular complexity index is 526.